The van der Waals surface area contributed by atoms with Crippen LogP contribution in [-0.4, -0.2) is 68.4 Å². The molecule has 160 valence electrons. The van der Waals surface area contributed by atoms with Crippen molar-refractivity contribution >= 4 is 39.5 Å². The van der Waals surface area contributed by atoms with E-state index < -0.39 is 32.7 Å². The normalized spacial score (nSPS) is 16.2. The van der Waals surface area contributed by atoms with Crippen LogP contribution < -0.4 is 5.32 Å². The molecule has 0 aliphatic carbocycles. The topological polar surface area (TPSA) is 86.8 Å². The standard InChI is InChI=1S/C17H19ClF3N3O4S/c1-29(27,28)24-8-6-23(7-9-24)16(26)11-22-15(25)5-3-12-2-4-13(14(18)10-12)17(19,20)21/h2-5,10H,6-9,11H2,1H3,(H,22,25)/b5-3+. The first kappa shape index (κ1) is 23.2. The first-order valence-electron chi connectivity index (χ1n) is 8.43. The third kappa shape index (κ3) is 6.72. The van der Waals surface area contributed by atoms with Crippen molar-refractivity contribution in [2.45, 2.75) is 6.18 Å². The predicted octanol–water partition coefficient (Wildman–Crippen LogP) is 1.59. The van der Waals surface area contributed by atoms with Gasteiger partial charge in [0.1, 0.15) is 0 Å². The number of amides is 2. The van der Waals surface area contributed by atoms with Crippen LogP contribution in [0.15, 0.2) is 24.3 Å². The van der Waals surface area contributed by atoms with Crippen LogP contribution in [0, 0.1) is 0 Å². The summed E-state index contributed by atoms with van der Waals surface area (Å²) in [5.41, 5.74) is -0.677. The van der Waals surface area contributed by atoms with Crippen molar-refractivity contribution in [3.63, 3.8) is 0 Å². The van der Waals surface area contributed by atoms with Crippen molar-refractivity contribution in [1.29, 1.82) is 0 Å². The van der Waals surface area contributed by atoms with Crippen LogP contribution in [0.5, 0.6) is 0 Å². The fourth-order valence-electron chi connectivity index (χ4n) is 2.64. The maximum absolute atomic E-state index is 12.7. The van der Waals surface area contributed by atoms with Gasteiger partial charge in [-0.3, -0.25) is 9.59 Å². The Kier molecular flexibility index (Phi) is 7.30. The van der Waals surface area contributed by atoms with Gasteiger partial charge in [-0.1, -0.05) is 17.7 Å². The Bertz CT molecular complexity index is 911. The summed E-state index contributed by atoms with van der Waals surface area (Å²) < 4.78 is 62.2. The van der Waals surface area contributed by atoms with E-state index in [9.17, 15) is 31.2 Å². The molecule has 0 bridgehead atoms. The Hall–Kier alpha value is -2.11. The third-order valence-corrected chi connectivity index (χ3v) is 5.82. The van der Waals surface area contributed by atoms with E-state index in [0.29, 0.717) is 5.56 Å². The zero-order valence-electron chi connectivity index (χ0n) is 15.4. The van der Waals surface area contributed by atoms with Crippen LogP contribution in [0.4, 0.5) is 13.2 Å². The maximum atomic E-state index is 12.7. The highest BCUT2D eigenvalue weighted by molar-refractivity contribution is 7.88. The molecule has 0 atom stereocenters. The molecule has 1 aromatic rings. The number of piperazine rings is 1. The Morgan fingerprint density at radius 1 is 1.21 bits per heavy atom. The minimum atomic E-state index is -4.57. The number of hydrogen-bond donors (Lipinski definition) is 1. The largest absolute Gasteiger partial charge is 0.417 e. The predicted molar refractivity (Wildman–Crippen MR) is 101 cm³/mol. The zero-order valence-corrected chi connectivity index (χ0v) is 16.9. The maximum Gasteiger partial charge on any atom is 0.417 e. The highest BCUT2D eigenvalue weighted by Crippen LogP contribution is 2.35. The van der Waals surface area contributed by atoms with Gasteiger partial charge in [0.25, 0.3) is 0 Å². The fourth-order valence-corrected chi connectivity index (χ4v) is 3.76. The van der Waals surface area contributed by atoms with Gasteiger partial charge >= 0.3 is 6.18 Å². The Morgan fingerprint density at radius 3 is 2.34 bits per heavy atom. The molecule has 1 aromatic carbocycles. The number of halogens is 4. The van der Waals surface area contributed by atoms with Gasteiger partial charge in [0.15, 0.2) is 0 Å². The molecule has 12 heteroatoms. The van der Waals surface area contributed by atoms with Crippen molar-refractivity contribution in [1.82, 2.24) is 14.5 Å². The van der Waals surface area contributed by atoms with Crippen molar-refractivity contribution in [2.75, 3.05) is 39.0 Å². The van der Waals surface area contributed by atoms with Gasteiger partial charge in [-0.15, -0.1) is 0 Å². The summed E-state index contributed by atoms with van der Waals surface area (Å²) in [5.74, 6) is -0.971. The number of benzene rings is 1. The van der Waals surface area contributed by atoms with E-state index in [1.165, 1.54) is 21.3 Å². The van der Waals surface area contributed by atoms with Crippen LogP contribution in [-0.2, 0) is 25.8 Å². The molecule has 0 spiro atoms. The Morgan fingerprint density at radius 2 is 1.83 bits per heavy atom. The lowest BCUT2D eigenvalue weighted by Crippen LogP contribution is -2.52. The average molecular weight is 454 g/mol. The molecular weight excluding hydrogens is 435 g/mol. The summed E-state index contributed by atoms with van der Waals surface area (Å²) in [6, 6.07) is 3.07. The molecule has 0 aromatic heterocycles. The smallest absolute Gasteiger partial charge is 0.343 e. The highest BCUT2D eigenvalue weighted by Gasteiger charge is 2.32. The number of rotatable bonds is 5. The molecule has 0 unspecified atom stereocenters. The van der Waals surface area contributed by atoms with Crippen LogP contribution in [0.2, 0.25) is 5.02 Å². The van der Waals surface area contributed by atoms with Crippen molar-refractivity contribution < 1.29 is 31.2 Å². The Labute approximate surface area is 171 Å². The van der Waals surface area contributed by atoms with Crippen LogP contribution >= 0.6 is 11.6 Å². The summed E-state index contributed by atoms with van der Waals surface area (Å²) in [6.45, 7) is 0.541. The van der Waals surface area contributed by atoms with Gasteiger partial charge in [0.2, 0.25) is 21.8 Å². The molecule has 2 rings (SSSR count). The van der Waals surface area contributed by atoms with Gasteiger partial charge < -0.3 is 10.2 Å². The van der Waals surface area contributed by atoms with Crippen LogP contribution in [0.25, 0.3) is 6.08 Å². The van der Waals surface area contributed by atoms with E-state index in [0.717, 1.165) is 24.5 Å². The first-order valence-corrected chi connectivity index (χ1v) is 10.7. The average Bonchev–Trinajstić information content (AvgIpc) is 2.62. The molecule has 1 aliphatic heterocycles. The van der Waals surface area contributed by atoms with Crippen LogP contribution in [0.3, 0.4) is 0 Å². The molecule has 1 N–H and O–H groups in total. The minimum absolute atomic E-state index is 0.188. The lowest BCUT2D eigenvalue weighted by Gasteiger charge is -2.33. The molecule has 29 heavy (non-hydrogen) atoms. The van der Waals surface area contributed by atoms with Gasteiger partial charge in [-0.05, 0) is 23.8 Å². The first-order chi connectivity index (χ1) is 13.4. The molecular formula is C17H19ClF3N3O4S. The van der Waals surface area contributed by atoms with Gasteiger partial charge in [-0.25, -0.2) is 8.42 Å². The van der Waals surface area contributed by atoms with E-state index in [-0.39, 0.29) is 38.6 Å². The van der Waals surface area contributed by atoms with Crippen molar-refractivity contribution in [3.05, 3.63) is 40.4 Å². The molecule has 1 aliphatic rings. The summed E-state index contributed by atoms with van der Waals surface area (Å²) in [5, 5.41) is 1.90. The molecule has 0 saturated carbocycles. The summed E-state index contributed by atoms with van der Waals surface area (Å²) in [6.07, 6.45) is -1.12. The lowest BCUT2D eigenvalue weighted by atomic mass is 10.1. The van der Waals surface area contributed by atoms with Gasteiger partial charge in [0, 0.05) is 32.3 Å². The lowest BCUT2D eigenvalue weighted by molar-refractivity contribution is -0.137. The van der Waals surface area contributed by atoms with E-state index in [1.807, 2.05) is 0 Å². The second-order valence-electron chi connectivity index (χ2n) is 6.33. The van der Waals surface area contributed by atoms with E-state index in [4.69, 9.17) is 11.6 Å². The van der Waals surface area contributed by atoms with Gasteiger partial charge in [0.05, 0.1) is 23.4 Å². The van der Waals surface area contributed by atoms with Gasteiger partial charge in [-0.2, -0.15) is 17.5 Å². The van der Waals surface area contributed by atoms with Crippen molar-refractivity contribution in [2.24, 2.45) is 0 Å². The number of carbonyl (C=O) groups is 2. The van der Waals surface area contributed by atoms with E-state index >= 15 is 0 Å². The van der Waals surface area contributed by atoms with E-state index in [2.05, 4.69) is 5.32 Å². The number of hydrogen-bond acceptors (Lipinski definition) is 4. The van der Waals surface area contributed by atoms with Crippen LogP contribution in [0.1, 0.15) is 11.1 Å². The monoisotopic (exact) mass is 453 g/mol. The molecule has 1 saturated heterocycles. The zero-order chi connectivity index (χ0) is 21.8. The molecule has 7 nitrogen and oxygen atoms in total. The van der Waals surface area contributed by atoms with E-state index in [1.54, 1.807) is 0 Å². The fraction of sp³-hybridized carbons (Fsp3) is 0.412. The molecule has 2 amide bonds. The SMILES string of the molecule is CS(=O)(=O)N1CCN(C(=O)CNC(=O)/C=C/c2ccc(C(F)(F)F)c(Cl)c2)CC1. The number of nitrogens with zero attached hydrogens (tertiary/aromatic N) is 2. The molecule has 0 radical (unpaired) electrons. The minimum Gasteiger partial charge on any atom is -0.343 e. The number of alkyl halides is 3. The second-order valence-corrected chi connectivity index (χ2v) is 8.72. The summed E-state index contributed by atoms with van der Waals surface area (Å²) in [7, 11) is -3.30. The van der Waals surface area contributed by atoms with Crippen molar-refractivity contribution in [3.8, 4) is 0 Å². The summed E-state index contributed by atoms with van der Waals surface area (Å²) in [4.78, 5) is 25.4. The highest BCUT2D eigenvalue weighted by atomic mass is 35.5. The number of sulfonamides is 1. The molecule has 1 fully saturated rings. The summed E-state index contributed by atoms with van der Waals surface area (Å²) >= 11 is 5.61. The third-order valence-electron chi connectivity index (χ3n) is 4.20. The number of carbonyl (C=O) groups excluding carboxylic acids is 2. The Balaban J connectivity index is 1.84. The quantitative estimate of drug-likeness (QED) is 0.686. The number of nitrogens with one attached hydrogen (secondary N) is 1. The molecule has 1 heterocycles. The second kappa shape index (κ2) is 9.14.